The zero-order valence-electron chi connectivity index (χ0n) is 13.0. The minimum atomic E-state index is -0.735. The Bertz CT molecular complexity index is 637. The van der Waals surface area contributed by atoms with Crippen molar-refractivity contribution in [3.8, 4) is 0 Å². The van der Waals surface area contributed by atoms with E-state index < -0.39 is 11.2 Å². The molecule has 1 heterocycles. The Hall–Kier alpha value is -0.930. The SMILES string of the molecule is CC1(C)OC(C)(C)/C(=C/c2cc(Br)ccc2C2CC2)C1=O. The van der Waals surface area contributed by atoms with Crippen molar-refractivity contribution in [2.75, 3.05) is 0 Å². The fourth-order valence-corrected chi connectivity index (χ4v) is 3.55. The van der Waals surface area contributed by atoms with Gasteiger partial charge in [-0.3, -0.25) is 4.79 Å². The molecule has 0 aromatic heterocycles. The standard InChI is InChI=1S/C18H21BrO2/c1-17(2)15(16(20)18(3,4)21-17)10-12-9-13(19)7-8-14(12)11-5-6-11/h7-11H,5-6H2,1-4H3/b15-10+. The van der Waals surface area contributed by atoms with Crippen molar-refractivity contribution in [2.24, 2.45) is 0 Å². The quantitative estimate of drug-likeness (QED) is 0.713. The first kappa shape index (κ1) is 15.0. The van der Waals surface area contributed by atoms with Crippen molar-refractivity contribution in [2.45, 2.75) is 57.7 Å². The van der Waals surface area contributed by atoms with Crippen molar-refractivity contribution in [1.82, 2.24) is 0 Å². The molecule has 2 fully saturated rings. The molecule has 1 aliphatic heterocycles. The summed E-state index contributed by atoms with van der Waals surface area (Å²) in [6.07, 6.45) is 4.53. The molecule has 2 aliphatic rings. The summed E-state index contributed by atoms with van der Waals surface area (Å²) in [6.45, 7) is 7.64. The number of carbonyl (C=O) groups excluding carboxylic acids is 1. The van der Waals surface area contributed by atoms with E-state index in [1.807, 2.05) is 33.8 Å². The molecule has 3 heteroatoms. The number of hydrogen-bond donors (Lipinski definition) is 0. The van der Waals surface area contributed by atoms with E-state index in [1.165, 1.54) is 18.4 Å². The molecular formula is C18H21BrO2. The van der Waals surface area contributed by atoms with Crippen LogP contribution in [-0.4, -0.2) is 17.0 Å². The highest BCUT2D eigenvalue weighted by Crippen LogP contribution is 2.45. The van der Waals surface area contributed by atoms with Crippen LogP contribution in [0.1, 0.15) is 57.6 Å². The molecule has 112 valence electrons. The third-order valence-electron chi connectivity index (χ3n) is 4.32. The lowest BCUT2D eigenvalue weighted by Gasteiger charge is -2.22. The van der Waals surface area contributed by atoms with Crippen LogP contribution in [0.4, 0.5) is 0 Å². The summed E-state index contributed by atoms with van der Waals surface area (Å²) in [5.74, 6) is 0.743. The van der Waals surface area contributed by atoms with Crippen LogP contribution in [0.2, 0.25) is 0 Å². The van der Waals surface area contributed by atoms with Gasteiger partial charge in [-0.2, -0.15) is 0 Å². The van der Waals surface area contributed by atoms with E-state index in [9.17, 15) is 4.79 Å². The smallest absolute Gasteiger partial charge is 0.192 e. The van der Waals surface area contributed by atoms with E-state index in [2.05, 4.69) is 34.1 Å². The van der Waals surface area contributed by atoms with Gasteiger partial charge < -0.3 is 4.74 Å². The zero-order valence-corrected chi connectivity index (χ0v) is 14.6. The Kier molecular flexibility index (Phi) is 3.42. The van der Waals surface area contributed by atoms with Gasteiger partial charge in [0.15, 0.2) is 5.78 Å². The van der Waals surface area contributed by atoms with E-state index in [0.29, 0.717) is 5.92 Å². The largest absolute Gasteiger partial charge is 0.357 e. The summed E-state index contributed by atoms with van der Waals surface area (Å²) in [5, 5.41) is 0. The Labute approximate surface area is 134 Å². The van der Waals surface area contributed by atoms with Crippen LogP contribution in [-0.2, 0) is 9.53 Å². The zero-order chi connectivity index (χ0) is 15.4. The third-order valence-corrected chi connectivity index (χ3v) is 4.81. The molecule has 1 aliphatic carbocycles. The maximum absolute atomic E-state index is 12.6. The molecule has 0 bridgehead atoms. The Morgan fingerprint density at radius 1 is 1.19 bits per heavy atom. The first-order valence-corrected chi connectivity index (χ1v) is 8.26. The molecule has 0 atom stereocenters. The minimum absolute atomic E-state index is 0.0919. The predicted octanol–water partition coefficient (Wildman–Crippen LogP) is 4.87. The van der Waals surface area contributed by atoms with Crippen molar-refractivity contribution in [1.29, 1.82) is 0 Å². The Morgan fingerprint density at radius 3 is 2.38 bits per heavy atom. The molecule has 0 radical (unpaired) electrons. The lowest BCUT2D eigenvalue weighted by Crippen LogP contribution is -2.29. The van der Waals surface area contributed by atoms with Gasteiger partial charge in [0.25, 0.3) is 0 Å². The first-order valence-electron chi connectivity index (χ1n) is 7.47. The van der Waals surface area contributed by atoms with Crippen LogP contribution < -0.4 is 0 Å². The van der Waals surface area contributed by atoms with Crippen LogP contribution in [0.3, 0.4) is 0 Å². The summed E-state index contributed by atoms with van der Waals surface area (Å²) in [5.41, 5.74) is 1.99. The summed E-state index contributed by atoms with van der Waals surface area (Å²) in [4.78, 5) is 12.6. The number of rotatable bonds is 2. The van der Waals surface area contributed by atoms with Gasteiger partial charge in [0.2, 0.25) is 0 Å². The third kappa shape index (κ3) is 2.74. The molecule has 1 aromatic carbocycles. The second-order valence-corrected chi connectivity index (χ2v) is 7.97. The molecule has 1 saturated carbocycles. The van der Waals surface area contributed by atoms with Gasteiger partial charge in [0, 0.05) is 10.0 Å². The lowest BCUT2D eigenvalue weighted by molar-refractivity contribution is -0.132. The molecule has 0 N–H and O–H groups in total. The van der Waals surface area contributed by atoms with E-state index in [1.54, 1.807) is 0 Å². The van der Waals surface area contributed by atoms with Crippen LogP contribution in [0.5, 0.6) is 0 Å². The summed E-state index contributed by atoms with van der Waals surface area (Å²) in [6, 6.07) is 6.36. The van der Waals surface area contributed by atoms with Gasteiger partial charge in [-0.25, -0.2) is 0 Å². The van der Waals surface area contributed by atoms with Crippen molar-refractivity contribution in [3.05, 3.63) is 39.4 Å². The molecule has 21 heavy (non-hydrogen) atoms. The summed E-state index contributed by atoms with van der Waals surface area (Å²) < 4.78 is 6.99. The number of ketones is 1. The van der Waals surface area contributed by atoms with Gasteiger partial charge in [0.05, 0.1) is 5.60 Å². The van der Waals surface area contributed by atoms with Gasteiger partial charge in [-0.1, -0.05) is 22.0 Å². The average Bonchev–Trinajstić information content (AvgIpc) is 3.15. The fourth-order valence-electron chi connectivity index (χ4n) is 3.17. The highest BCUT2D eigenvalue weighted by molar-refractivity contribution is 9.10. The maximum Gasteiger partial charge on any atom is 0.192 e. The summed E-state index contributed by atoms with van der Waals surface area (Å²) in [7, 11) is 0. The second kappa shape index (κ2) is 4.79. The number of hydrogen-bond acceptors (Lipinski definition) is 2. The number of ether oxygens (including phenoxy) is 1. The Morgan fingerprint density at radius 2 is 1.86 bits per heavy atom. The van der Waals surface area contributed by atoms with E-state index >= 15 is 0 Å². The molecule has 1 saturated heterocycles. The monoisotopic (exact) mass is 348 g/mol. The van der Waals surface area contributed by atoms with Crippen LogP contribution in [0.15, 0.2) is 28.2 Å². The van der Waals surface area contributed by atoms with Gasteiger partial charge >= 0.3 is 0 Å². The van der Waals surface area contributed by atoms with Gasteiger partial charge in [-0.15, -0.1) is 0 Å². The fraction of sp³-hybridized carbons (Fsp3) is 0.500. The second-order valence-electron chi connectivity index (χ2n) is 7.06. The molecule has 0 amide bonds. The number of carbonyl (C=O) groups is 1. The van der Waals surface area contributed by atoms with Gasteiger partial charge in [-0.05, 0) is 75.8 Å². The van der Waals surface area contributed by atoms with Crippen LogP contribution in [0.25, 0.3) is 6.08 Å². The molecule has 0 unspecified atom stereocenters. The minimum Gasteiger partial charge on any atom is -0.357 e. The van der Waals surface area contributed by atoms with Crippen LogP contribution in [0, 0.1) is 0 Å². The Balaban J connectivity index is 2.09. The maximum atomic E-state index is 12.6. The van der Waals surface area contributed by atoms with E-state index in [-0.39, 0.29) is 5.78 Å². The highest BCUT2D eigenvalue weighted by Gasteiger charge is 2.49. The van der Waals surface area contributed by atoms with Crippen molar-refractivity contribution >= 4 is 27.8 Å². The molecule has 1 aromatic rings. The molecule has 0 spiro atoms. The number of halogens is 1. The van der Waals surface area contributed by atoms with Crippen molar-refractivity contribution < 1.29 is 9.53 Å². The normalized spacial score (nSPS) is 25.6. The van der Waals surface area contributed by atoms with E-state index in [4.69, 9.17) is 4.74 Å². The predicted molar refractivity (Wildman–Crippen MR) is 88.3 cm³/mol. The average molecular weight is 349 g/mol. The van der Waals surface area contributed by atoms with Crippen molar-refractivity contribution in [3.63, 3.8) is 0 Å². The summed E-state index contributed by atoms with van der Waals surface area (Å²) >= 11 is 3.54. The molecule has 3 rings (SSSR count). The topological polar surface area (TPSA) is 26.3 Å². The molecule has 2 nitrogen and oxygen atoms in total. The number of benzene rings is 1. The van der Waals surface area contributed by atoms with Crippen LogP contribution >= 0.6 is 15.9 Å². The lowest BCUT2D eigenvalue weighted by atomic mass is 9.89. The van der Waals surface area contributed by atoms with Gasteiger partial charge in [0.1, 0.15) is 5.60 Å². The molecular weight excluding hydrogens is 328 g/mol. The first-order chi connectivity index (χ1) is 9.71. The van der Waals surface area contributed by atoms with E-state index in [0.717, 1.165) is 15.6 Å². The number of Topliss-reactive ketones (excluding diaryl/α,β-unsaturated/α-hetero) is 1. The highest BCUT2D eigenvalue weighted by atomic mass is 79.9.